The van der Waals surface area contributed by atoms with E-state index in [2.05, 4.69) is 45.0 Å². The molecule has 1 atom stereocenters. The molecular formula is C17H20N4. The Morgan fingerprint density at radius 1 is 1.19 bits per heavy atom. The monoisotopic (exact) mass is 280 g/mol. The molecule has 1 aromatic carbocycles. The number of aromatic nitrogens is 3. The van der Waals surface area contributed by atoms with Crippen LogP contribution in [0.4, 0.5) is 0 Å². The molecule has 2 heterocycles. The van der Waals surface area contributed by atoms with Crippen LogP contribution < -0.4 is 5.32 Å². The van der Waals surface area contributed by atoms with Crippen molar-refractivity contribution in [3.05, 3.63) is 60.7 Å². The molecule has 0 saturated heterocycles. The van der Waals surface area contributed by atoms with Gasteiger partial charge in [-0.3, -0.25) is 4.98 Å². The smallest absolute Gasteiger partial charge is 0.0958 e. The Kier molecular flexibility index (Phi) is 4.26. The van der Waals surface area contributed by atoms with Crippen LogP contribution in [-0.2, 0) is 6.54 Å². The van der Waals surface area contributed by atoms with Gasteiger partial charge in [-0.25, -0.2) is 4.98 Å². The van der Waals surface area contributed by atoms with Crippen LogP contribution in [0.2, 0.25) is 0 Å². The lowest BCUT2D eigenvalue weighted by Crippen LogP contribution is -2.26. The van der Waals surface area contributed by atoms with Crippen LogP contribution in [0.25, 0.3) is 11.0 Å². The summed E-state index contributed by atoms with van der Waals surface area (Å²) >= 11 is 0. The van der Waals surface area contributed by atoms with Gasteiger partial charge in [-0.05, 0) is 36.7 Å². The Bertz CT molecular complexity index is 690. The molecule has 4 nitrogen and oxygen atoms in total. The SMILES string of the molecule is CCCNC(Cn1cnc2ccccc21)c1cccnc1. The molecule has 0 aliphatic heterocycles. The van der Waals surface area contributed by atoms with Gasteiger partial charge in [0.25, 0.3) is 0 Å². The first-order valence-electron chi connectivity index (χ1n) is 7.41. The van der Waals surface area contributed by atoms with Crippen molar-refractivity contribution in [3.8, 4) is 0 Å². The van der Waals surface area contributed by atoms with Crippen LogP contribution in [0, 0.1) is 0 Å². The first-order chi connectivity index (χ1) is 10.4. The van der Waals surface area contributed by atoms with Crippen molar-refractivity contribution in [3.63, 3.8) is 0 Å². The normalized spacial score (nSPS) is 12.6. The van der Waals surface area contributed by atoms with Gasteiger partial charge in [-0.15, -0.1) is 0 Å². The maximum atomic E-state index is 4.47. The lowest BCUT2D eigenvalue weighted by molar-refractivity contribution is 0.468. The average molecular weight is 280 g/mol. The first-order valence-corrected chi connectivity index (χ1v) is 7.41. The number of benzene rings is 1. The number of nitrogens with zero attached hydrogens (tertiary/aromatic N) is 3. The number of hydrogen-bond acceptors (Lipinski definition) is 3. The second kappa shape index (κ2) is 6.50. The van der Waals surface area contributed by atoms with E-state index >= 15 is 0 Å². The third-order valence-electron chi connectivity index (χ3n) is 3.63. The minimum atomic E-state index is 0.247. The minimum absolute atomic E-state index is 0.247. The van der Waals surface area contributed by atoms with E-state index in [-0.39, 0.29) is 6.04 Å². The topological polar surface area (TPSA) is 42.7 Å². The highest BCUT2D eigenvalue weighted by molar-refractivity contribution is 5.74. The number of para-hydroxylation sites is 2. The summed E-state index contributed by atoms with van der Waals surface area (Å²) < 4.78 is 2.20. The van der Waals surface area contributed by atoms with Crippen LogP contribution in [0.3, 0.4) is 0 Å². The minimum Gasteiger partial charge on any atom is -0.329 e. The van der Waals surface area contributed by atoms with Gasteiger partial charge in [0.2, 0.25) is 0 Å². The molecule has 0 amide bonds. The molecule has 0 fully saturated rings. The van der Waals surface area contributed by atoms with Gasteiger partial charge >= 0.3 is 0 Å². The van der Waals surface area contributed by atoms with E-state index in [4.69, 9.17) is 0 Å². The molecule has 3 aromatic rings. The number of fused-ring (bicyclic) bond motifs is 1. The molecule has 0 aliphatic carbocycles. The predicted molar refractivity (Wildman–Crippen MR) is 85.0 cm³/mol. The van der Waals surface area contributed by atoms with Crippen molar-refractivity contribution in [1.29, 1.82) is 0 Å². The van der Waals surface area contributed by atoms with Gasteiger partial charge < -0.3 is 9.88 Å². The molecule has 0 aliphatic rings. The van der Waals surface area contributed by atoms with Gasteiger partial charge in [-0.2, -0.15) is 0 Å². The maximum Gasteiger partial charge on any atom is 0.0958 e. The third kappa shape index (κ3) is 3.11. The fourth-order valence-electron chi connectivity index (χ4n) is 2.54. The van der Waals surface area contributed by atoms with Gasteiger partial charge in [0.1, 0.15) is 0 Å². The zero-order chi connectivity index (χ0) is 14.5. The molecule has 0 bridgehead atoms. The zero-order valence-corrected chi connectivity index (χ0v) is 12.2. The van der Waals surface area contributed by atoms with Crippen molar-refractivity contribution in [1.82, 2.24) is 19.9 Å². The molecule has 0 saturated carbocycles. The van der Waals surface area contributed by atoms with Gasteiger partial charge in [0.15, 0.2) is 0 Å². The number of rotatable bonds is 6. The van der Waals surface area contributed by atoms with Gasteiger partial charge in [0.05, 0.1) is 23.4 Å². The number of pyridine rings is 1. The highest BCUT2D eigenvalue weighted by Crippen LogP contribution is 2.18. The number of hydrogen-bond donors (Lipinski definition) is 1. The van der Waals surface area contributed by atoms with Crippen LogP contribution in [-0.4, -0.2) is 21.1 Å². The maximum absolute atomic E-state index is 4.47. The van der Waals surface area contributed by atoms with Gasteiger partial charge in [0, 0.05) is 18.9 Å². The van der Waals surface area contributed by atoms with Crippen LogP contribution in [0.1, 0.15) is 24.9 Å². The first kappa shape index (κ1) is 13.8. The summed E-state index contributed by atoms with van der Waals surface area (Å²) in [5.74, 6) is 0. The summed E-state index contributed by atoms with van der Waals surface area (Å²) in [4.78, 5) is 8.71. The molecule has 108 valence electrons. The van der Waals surface area contributed by atoms with Crippen molar-refractivity contribution in [2.45, 2.75) is 25.9 Å². The molecule has 1 N–H and O–H groups in total. The molecule has 0 radical (unpaired) electrons. The average Bonchev–Trinajstić information content (AvgIpc) is 2.95. The standard InChI is InChI=1S/C17H20N4/c1-2-9-19-16(14-6-5-10-18-11-14)12-21-13-20-15-7-3-4-8-17(15)21/h3-8,10-11,13,16,19H,2,9,12H2,1H3. The van der Waals surface area contributed by atoms with Crippen molar-refractivity contribution in [2.75, 3.05) is 6.54 Å². The zero-order valence-electron chi connectivity index (χ0n) is 12.2. The highest BCUT2D eigenvalue weighted by atomic mass is 15.1. The van der Waals surface area contributed by atoms with E-state index in [1.807, 2.05) is 36.9 Å². The molecule has 0 spiro atoms. The third-order valence-corrected chi connectivity index (χ3v) is 3.63. The fourth-order valence-corrected chi connectivity index (χ4v) is 2.54. The lowest BCUT2D eigenvalue weighted by Gasteiger charge is -2.19. The number of imidazole rings is 1. The summed E-state index contributed by atoms with van der Waals surface area (Å²) in [7, 11) is 0. The fraction of sp³-hybridized carbons (Fsp3) is 0.294. The second-order valence-corrected chi connectivity index (χ2v) is 5.18. The van der Waals surface area contributed by atoms with E-state index in [1.165, 1.54) is 11.1 Å². The van der Waals surface area contributed by atoms with E-state index in [9.17, 15) is 0 Å². The van der Waals surface area contributed by atoms with Crippen LogP contribution >= 0.6 is 0 Å². The molecular weight excluding hydrogens is 260 g/mol. The van der Waals surface area contributed by atoms with E-state index < -0.39 is 0 Å². The van der Waals surface area contributed by atoms with Crippen molar-refractivity contribution < 1.29 is 0 Å². The Labute approximate surface area is 124 Å². The highest BCUT2D eigenvalue weighted by Gasteiger charge is 2.13. The predicted octanol–water partition coefficient (Wildman–Crippen LogP) is 3.17. The Hall–Kier alpha value is -2.20. The quantitative estimate of drug-likeness (QED) is 0.754. The number of nitrogens with one attached hydrogen (secondary N) is 1. The molecule has 4 heteroatoms. The lowest BCUT2D eigenvalue weighted by atomic mass is 10.1. The molecule has 21 heavy (non-hydrogen) atoms. The second-order valence-electron chi connectivity index (χ2n) is 5.18. The molecule has 2 aromatic heterocycles. The Morgan fingerprint density at radius 2 is 2.10 bits per heavy atom. The summed E-state index contributed by atoms with van der Waals surface area (Å²) in [5, 5.41) is 3.60. The molecule has 3 rings (SSSR count). The van der Waals surface area contributed by atoms with Crippen molar-refractivity contribution in [2.24, 2.45) is 0 Å². The van der Waals surface area contributed by atoms with Gasteiger partial charge in [-0.1, -0.05) is 25.1 Å². The van der Waals surface area contributed by atoms with Crippen LogP contribution in [0.15, 0.2) is 55.1 Å². The summed E-state index contributed by atoms with van der Waals surface area (Å²) in [6.45, 7) is 4.03. The van der Waals surface area contributed by atoms with Crippen LogP contribution in [0.5, 0.6) is 0 Å². The largest absolute Gasteiger partial charge is 0.329 e. The Morgan fingerprint density at radius 3 is 2.90 bits per heavy atom. The summed E-state index contributed by atoms with van der Waals surface area (Å²) in [6.07, 6.45) is 6.78. The van der Waals surface area contributed by atoms with E-state index in [0.29, 0.717) is 0 Å². The Balaban J connectivity index is 1.87. The molecule has 1 unspecified atom stereocenters. The van der Waals surface area contributed by atoms with E-state index in [1.54, 1.807) is 0 Å². The summed E-state index contributed by atoms with van der Waals surface area (Å²) in [6, 6.07) is 12.6. The van der Waals surface area contributed by atoms with E-state index in [0.717, 1.165) is 25.0 Å². The summed E-state index contributed by atoms with van der Waals surface area (Å²) in [5.41, 5.74) is 3.42. The van der Waals surface area contributed by atoms with Crippen molar-refractivity contribution >= 4 is 11.0 Å².